The van der Waals surface area contributed by atoms with Gasteiger partial charge in [-0.2, -0.15) is 0 Å². The third kappa shape index (κ3) is 2.70. The third-order valence-corrected chi connectivity index (χ3v) is 3.14. The van der Waals surface area contributed by atoms with Crippen LogP contribution in [-0.2, 0) is 0 Å². The first-order valence-corrected chi connectivity index (χ1v) is 5.37. The summed E-state index contributed by atoms with van der Waals surface area (Å²) in [5, 5.41) is 0. The Labute approximate surface area is 99.2 Å². The number of amides is 1. The van der Waals surface area contributed by atoms with E-state index in [4.69, 9.17) is 11.6 Å². The lowest BCUT2D eigenvalue weighted by Crippen LogP contribution is -2.46. The van der Waals surface area contributed by atoms with E-state index in [1.165, 1.54) is 17.0 Å². The minimum absolute atomic E-state index is 0.210. The lowest BCUT2D eigenvalue weighted by Gasteiger charge is -2.33. The smallest absolute Gasteiger partial charge is 0.272 e. The Bertz CT molecular complexity index is 378. The average Bonchev–Trinajstić information content (AvgIpc) is 2.28. The van der Waals surface area contributed by atoms with Gasteiger partial charge in [0.25, 0.3) is 5.91 Å². The monoisotopic (exact) mass is 244 g/mol. The zero-order valence-corrected chi connectivity index (χ0v) is 10.3. The molecule has 1 amide bonds. The molecule has 1 rings (SSSR count). The first kappa shape index (κ1) is 12.9. The standard InChI is InChI=1S/C11H14ClFN2O/c1-11(2,7-12)15(3)10(16)9-5-4-8(13)6-14-9/h4-6H,7H2,1-3H3. The van der Waals surface area contributed by atoms with Crippen molar-refractivity contribution in [2.24, 2.45) is 0 Å². The lowest BCUT2D eigenvalue weighted by molar-refractivity contribution is 0.0654. The average molecular weight is 245 g/mol. The Hall–Kier alpha value is -1.16. The molecule has 1 heterocycles. The molecule has 0 unspecified atom stereocenters. The Morgan fingerprint density at radius 3 is 2.62 bits per heavy atom. The molecule has 1 aromatic heterocycles. The van der Waals surface area contributed by atoms with Crippen molar-refractivity contribution in [3.05, 3.63) is 29.8 Å². The molecule has 0 radical (unpaired) electrons. The van der Waals surface area contributed by atoms with Gasteiger partial charge in [0.1, 0.15) is 11.5 Å². The van der Waals surface area contributed by atoms with Gasteiger partial charge >= 0.3 is 0 Å². The van der Waals surface area contributed by atoms with Gasteiger partial charge in [-0.1, -0.05) is 0 Å². The summed E-state index contributed by atoms with van der Waals surface area (Å²) in [5.74, 6) is -0.419. The van der Waals surface area contributed by atoms with Crippen molar-refractivity contribution in [1.29, 1.82) is 0 Å². The largest absolute Gasteiger partial charge is 0.334 e. The van der Waals surface area contributed by atoms with Crippen LogP contribution in [0.15, 0.2) is 18.3 Å². The van der Waals surface area contributed by atoms with E-state index in [-0.39, 0.29) is 11.6 Å². The van der Waals surface area contributed by atoms with Crippen molar-refractivity contribution >= 4 is 17.5 Å². The van der Waals surface area contributed by atoms with Gasteiger partial charge in [0.2, 0.25) is 0 Å². The second-order valence-corrected chi connectivity index (χ2v) is 4.44. The van der Waals surface area contributed by atoms with Gasteiger partial charge in [-0.3, -0.25) is 4.79 Å². The number of aromatic nitrogens is 1. The van der Waals surface area contributed by atoms with E-state index in [1.54, 1.807) is 7.05 Å². The predicted octanol–water partition coefficient (Wildman–Crippen LogP) is 2.31. The topological polar surface area (TPSA) is 33.2 Å². The normalized spacial score (nSPS) is 11.3. The van der Waals surface area contributed by atoms with Crippen molar-refractivity contribution in [2.75, 3.05) is 12.9 Å². The van der Waals surface area contributed by atoms with Crippen LogP contribution in [0.5, 0.6) is 0 Å². The highest BCUT2D eigenvalue weighted by Crippen LogP contribution is 2.16. The van der Waals surface area contributed by atoms with Crippen LogP contribution in [0.2, 0.25) is 0 Å². The summed E-state index contributed by atoms with van der Waals surface area (Å²) < 4.78 is 12.6. The van der Waals surface area contributed by atoms with Gasteiger partial charge in [0, 0.05) is 12.9 Å². The minimum atomic E-state index is -0.464. The second-order valence-electron chi connectivity index (χ2n) is 4.17. The highest BCUT2D eigenvalue weighted by molar-refractivity contribution is 6.18. The number of hydrogen-bond donors (Lipinski definition) is 0. The van der Waals surface area contributed by atoms with Crippen molar-refractivity contribution in [1.82, 2.24) is 9.88 Å². The van der Waals surface area contributed by atoms with E-state index < -0.39 is 11.4 Å². The molecule has 0 saturated heterocycles. The summed E-state index contributed by atoms with van der Waals surface area (Å²) in [4.78, 5) is 17.2. The van der Waals surface area contributed by atoms with Crippen molar-refractivity contribution in [2.45, 2.75) is 19.4 Å². The number of rotatable bonds is 3. The lowest BCUT2D eigenvalue weighted by atomic mass is 10.1. The van der Waals surface area contributed by atoms with Gasteiger partial charge < -0.3 is 4.90 Å². The summed E-state index contributed by atoms with van der Waals surface area (Å²) in [6.07, 6.45) is 1.02. The van der Waals surface area contributed by atoms with E-state index in [0.29, 0.717) is 5.88 Å². The number of nitrogens with zero attached hydrogens (tertiary/aromatic N) is 2. The van der Waals surface area contributed by atoms with Crippen molar-refractivity contribution in [3.63, 3.8) is 0 Å². The molecule has 88 valence electrons. The van der Waals surface area contributed by atoms with E-state index in [1.807, 2.05) is 13.8 Å². The Kier molecular flexibility index (Phi) is 3.86. The molecule has 0 saturated carbocycles. The summed E-state index contributed by atoms with van der Waals surface area (Å²) >= 11 is 5.77. The van der Waals surface area contributed by atoms with Crippen LogP contribution in [-0.4, -0.2) is 34.3 Å². The quantitative estimate of drug-likeness (QED) is 0.765. The van der Waals surface area contributed by atoms with Crippen LogP contribution in [0.4, 0.5) is 4.39 Å². The maximum atomic E-state index is 12.6. The zero-order chi connectivity index (χ0) is 12.3. The highest BCUT2D eigenvalue weighted by Gasteiger charge is 2.27. The van der Waals surface area contributed by atoms with Gasteiger partial charge in [-0.05, 0) is 26.0 Å². The van der Waals surface area contributed by atoms with Gasteiger partial charge in [0.15, 0.2) is 0 Å². The molecule has 0 spiro atoms. The molecular formula is C11H14ClFN2O. The Balaban J connectivity index is 2.90. The fourth-order valence-electron chi connectivity index (χ4n) is 1.04. The first-order valence-electron chi connectivity index (χ1n) is 4.84. The predicted molar refractivity (Wildman–Crippen MR) is 61.1 cm³/mol. The van der Waals surface area contributed by atoms with Crippen LogP contribution in [0.1, 0.15) is 24.3 Å². The van der Waals surface area contributed by atoms with E-state index in [2.05, 4.69) is 4.98 Å². The maximum Gasteiger partial charge on any atom is 0.272 e. The number of carbonyl (C=O) groups is 1. The first-order chi connectivity index (χ1) is 7.38. The molecule has 0 aliphatic carbocycles. The number of alkyl halides is 1. The molecule has 16 heavy (non-hydrogen) atoms. The molecular weight excluding hydrogens is 231 g/mol. The molecule has 1 aromatic rings. The number of pyridine rings is 1. The summed E-state index contributed by atoms with van der Waals surface area (Å²) in [7, 11) is 1.65. The number of halogens is 2. The van der Waals surface area contributed by atoms with E-state index in [0.717, 1.165) is 6.20 Å². The molecule has 0 aromatic carbocycles. The molecule has 0 aliphatic heterocycles. The zero-order valence-electron chi connectivity index (χ0n) is 9.50. The minimum Gasteiger partial charge on any atom is -0.334 e. The van der Waals surface area contributed by atoms with Gasteiger partial charge in [0.05, 0.1) is 11.7 Å². The SMILES string of the molecule is CN(C(=O)c1ccc(F)cn1)C(C)(C)CCl. The second kappa shape index (κ2) is 4.78. The van der Waals surface area contributed by atoms with E-state index in [9.17, 15) is 9.18 Å². The Morgan fingerprint density at radius 1 is 1.56 bits per heavy atom. The van der Waals surface area contributed by atoms with Crippen LogP contribution in [0.3, 0.4) is 0 Å². The molecule has 0 fully saturated rings. The van der Waals surface area contributed by atoms with Gasteiger partial charge in [-0.15, -0.1) is 11.6 Å². The van der Waals surface area contributed by atoms with Crippen molar-refractivity contribution < 1.29 is 9.18 Å². The van der Waals surface area contributed by atoms with Gasteiger partial charge in [-0.25, -0.2) is 9.37 Å². The molecule has 5 heteroatoms. The number of hydrogen-bond acceptors (Lipinski definition) is 2. The van der Waals surface area contributed by atoms with Crippen molar-refractivity contribution in [3.8, 4) is 0 Å². The molecule has 0 aliphatic rings. The maximum absolute atomic E-state index is 12.6. The fourth-order valence-corrected chi connectivity index (χ4v) is 1.22. The summed E-state index contributed by atoms with van der Waals surface area (Å²) in [6.45, 7) is 3.70. The summed E-state index contributed by atoms with van der Waals surface area (Å²) in [5.41, 5.74) is -0.253. The van der Waals surface area contributed by atoms with Crippen LogP contribution in [0.25, 0.3) is 0 Å². The highest BCUT2D eigenvalue weighted by atomic mass is 35.5. The molecule has 0 bridgehead atoms. The van der Waals surface area contributed by atoms with Crippen LogP contribution in [0, 0.1) is 5.82 Å². The summed E-state index contributed by atoms with van der Waals surface area (Å²) in [6, 6.07) is 2.57. The number of carbonyl (C=O) groups excluding carboxylic acids is 1. The van der Waals surface area contributed by atoms with Crippen LogP contribution >= 0.6 is 11.6 Å². The van der Waals surface area contributed by atoms with E-state index >= 15 is 0 Å². The van der Waals surface area contributed by atoms with Crippen LogP contribution < -0.4 is 0 Å². The molecule has 3 nitrogen and oxygen atoms in total. The molecule has 0 atom stereocenters. The fraction of sp³-hybridized carbons (Fsp3) is 0.455. The Morgan fingerprint density at radius 2 is 2.19 bits per heavy atom. The third-order valence-electron chi connectivity index (χ3n) is 2.49. The molecule has 0 N–H and O–H groups in total.